The van der Waals surface area contributed by atoms with E-state index in [0.717, 1.165) is 12.1 Å². The van der Waals surface area contributed by atoms with Gasteiger partial charge in [0.1, 0.15) is 11.5 Å². The Morgan fingerprint density at radius 1 is 1.12 bits per heavy atom. The van der Waals surface area contributed by atoms with Gasteiger partial charge in [-0.2, -0.15) is 21.6 Å². The molecule has 0 radical (unpaired) electrons. The highest BCUT2D eigenvalue weighted by molar-refractivity contribution is 7.88. The molecule has 2 rings (SSSR count). The van der Waals surface area contributed by atoms with Crippen LogP contribution in [0.3, 0.4) is 0 Å². The summed E-state index contributed by atoms with van der Waals surface area (Å²) in [6, 6.07) is 4.61. The van der Waals surface area contributed by atoms with Crippen LogP contribution < -0.4 is 9.50 Å². The van der Waals surface area contributed by atoms with Crippen molar-refractivity contribution in [3.8, 4) is 17.0 Å². The van der Waals surface area contributed by atoms with E-state index in [4.69, 9.17) is 0 Å². The van der Waals surface area contributed by atoms with Crippen molar-refractivity contribution in [1.82, 2.24) is 9.97 Å². The summed E-state index contributed by atoms with van der Waals surface area (Å²) in [7, 11) is -4.45. The maximum atomic E-state index is 13.2. The van der Waals surface area contributed by atoms with Crippen LogP contribution >= 0.6 is 0 Å². The molecule has 0 saturated heterocycles. The average Bonchev–Trinajstić information content (AvgIpc) is 2.54. The predicted molar refractivity (Wildman–Crippen MR) is 86.7 cm³/mol. The van der Waals surface area contributed by atoms with Gasteiger partial charge in [0.2, 0.25) is 5.95 Å². The molecule has 0 unspecified atom stereocenters. The van der Waals surface area contributed by atoms with E-state index in [9.17, 15) is 26.0 Å². The molecule has 0 aliphatic carbocycles. The van der Waals surface area contributed by atoms with Gasteiger partial charge in [0.15, 0.2) is 5.75 Å². The Hall–Kier alpha value is -2.43. The highest BCUT2D eigenvalue weighted by Crippen LogP contribution is 2.38. The zero-order valence-electron chi connectivity index (χ0n) is 13.9. The molecule has 0 aliphatic rings. The molecule has 2 aromatic rings. The summed E-state index contributed by atoms with van der Waals surface area (Å²) >= 11 is 0. The molecule has 1 aromatic carbocycles. The Kier molecular flexibility index (Phi) is 5.40. The lowest BCUT2D eigenvalue weighted by Gasteiger charge is -2.18. The molecule has 0 amide bonds. The van der Waals surface area contributed by atoms with Crippen molar-refractivity contribution < 1.29 is 30.2 Å². The molecular weight excluding hydrogens is 378 g/mol. The van der Waals surface area contributed by atoms with Crippen LogP contribution in [0.4, 0.5) is 23.5 Å². The first-order valence-corrected chi connectivity index (χ1v) is 8.73. The maximum absolute atomic E-state index is 13.2. The molecule has 1 aromatic heterocycles. The number of nitrogens with zero attached hydrogens (tertiary/aromatic N) is 2. The first-order valence-electron chi connectivity index (χ1n) is 7.32. The van der Waals surface area contributed by atoms with Gasteiger partial charge in [-0.1, -0.05) is 13.8 Å². The SMILES string of the molecule is CNc1nc(-c2ccc(F)cc2)c(OS(=O)(=O)C(F)(F)F)c(C(C)C)n1. The third kappa shape index (κ3) is 4.03. The van der Waals surface area contributed by atoms with Gasteiger partial charge in [-0.3, -0.25) is 0 Å². The number of hydrogen-bond donors (Lipinski definition) is 1. The highest BCUT2D eigenvalue weighted by atomic mass is 32.2. The molecule has 0 spiro atoms. The molecule has 0 fully saturated rings. The van der Waals surface area contributed by atoms with Crippen LogP contribution in [0.2, 0.25) is 0 Å². The molecule has 26 heavy (non-hydrogen) atoms. The topological polar surface area (TPSA) is 81.2 Å². The van der Waals surface area contributed by atoms with Crippen molar-refractivity contribution in [3.05, 3.63) is 35.8 Å². The summed E-state index contributed by atoms with van der Waals surface area (Å²) in [6.07, 6.45) is 0. The van der Waals surface area contributed by atoms with Crippen molar-refractivity contribution >= 4 is 16.1 Å². The number of nitrogens with one attached hydrogen (secondary N) is 1. The van der Waals surface area contributed by atoms with Gasteiger partial charge in [-0.05, 0) is 30.2 Å². The Morgan fingerprint density at radius 2 is 1.69 bits per heavy atom. The van der Waals surface area contributed by atoms with Crippen LogP contribution in [0, 0.1) is 5.82 Å². The quantitative estimate of drug-likeness (QED) is 0.474. The molecular formula is C15H15F4N3O3S. The largest absolute Gasteiger partial charge is 0.534 e. The predicted octanol–water partition coefficient (Wildman–Crippen LogP) is 3.68. The summed E-state index contributed by atoms with van der Waals surface area (Å²) in [5.41, 5.74) is -5.71. The van der Waals surface area contributed by atoms with E-state index in [1.165, 1.54) is 19.2 Å². The molecule has 1 N–H and O–H groups in total. The highest BCUT2D eigenvalue weighted by Gasteiger charge is 2.49. The smallest absolute Gasteiger partial charge is 0.372 e. The fourth-order valence-corrected chi connectivity index (χ4v) is 2.49. The Labute approximate surface area is 147 Å². The minimum absolute atomic E-state index is 0.0449. The van der Waals surface area contributed by atoms with Crippen LogP contribution in [0.15, 0.2) is 24.3 Å². The van der Waals surface area contributed by atoms with Gasteiger partial charge in [0.25, 0.3) is 0 Å². The Morgan fingerprint density at radius 3 is 2.15 bits per heavy atom. The lowest BCUT2D eigenvalue weighted by Crippen LogP contribution is -2.29. The zero-order chi connectivity index (χ0) is 19.7. The number of anilines is 1. The molecule has 0 aliphatic heterocycles. The van der Waals surface area contributed by atoms with Gasteiger partial charge in [0.05, 0.1) is 5.69 Å². The molecule has 0 saturated carbocycles. The Bertz CT molecular complexity index is 898. The van der Waals surface area contributed by atoms with Crippen molar-refractivity contribution in [3.63, 3.8) is 0 Å². The third-order valence-electron chi connectivity index (χ3n) is 3.26. The standard InChI is InChI=1S/C15H15F4N3O3S/c1-8(2)11-13(25-26(23,24)15(17,18)19)12(22-14(20-3)21-11)9-4-6-10(16)7-5-9/h4-8H,1-3H3,(H,20,21,22). The monoisotopic (exact) mass is 393 g/mol. The summed E-state index contributed by atoms with van der Waals surface area (Å²) in [5, 5.41) is 2.64. The van der Waals surface area contributed by atoms with Crippen molar-refractivity contribution in [2.45, 2.75) is 25.3 Å². The Balaban J connectivity index is 2.76. The van der Waals surface area contributed by atoms with E-state index >= 15 is 0 Å². The summed E-state index contributed by atoms with van der Waals surface area (Å²) in [5.74, 6) is -1.67. The van der Waals surface area contributed by atoms with Crippen LogP contribution in [0.25, 0.3) is 11.3 Å². The lowest BCUT2D eigenvalue weighted by atomic mass is 10.0. The van der Waals surface area contributed by atoms with Crippen LogP contribution in [0.1, 0.15) is 25.5 Å². The number of rotatable bonds is 5. The fraction of sp³-hybridized carbons (Fsp3) is 0.333. The zero-order valence-corrected chi connectivity index (χ0v) is 14.7. The number of alkyl halides is 3. The second kappa shape index (κ2) is 7.06. The second-order valence-electron chi connectivity index (χ2n) is 5.50. The van der Waals surface area contributed by atoms with E-state index in [0.29, 0.717) is 0 Å². The van der Waals surface area contributed by atoms with E-state index in [1.807, 2.05) is 0 Å². The summed E-state index contributed by atoms with van der Waals surface area (Å²) < 4.78 is 78.9. The number of halogens is 4. The minimum Gasteiger partial charge on any atom is -0.372 e. The normalized spacial score (nSPS) is 12.3. The van der Waals surface area contributed by atoms with Gasteiger partial charge < -0.3 is 9.50 Å². The molecule has 0 bridgehead atoms. The summed E-state index contributed by atoms with van der Waals surface area (Å²) in [4.78, 5) is 8.01. The minimum atomic E-state index is -5.94. The van der Waals surface area contributed by atoms with Crippen LogP contribution in [-0.2, 0) is 10.1 Å². The number of benzene rings is 1. The van der Waals surface area contributed by atoms with E-state index in [1.54, 1.807) is 13.8 Å². The molecule has 142 valence electrons. The van der Waals surface area contributed by atoms with Gasteiger partial charge >= 0.3 is 15.6 Å². The first kappa shape index (κ1) is 19.9. The molecule has 11 heteroatoms. The van der Waals surface area contributed by atoms with Crippen molar-refractivity contribution in [2.75, 3.05) is 12.4 Å². The van der Waals surface area contributed by atoms with E-state index < -0.39 is 33.1 Å². The lowest BCUT2D eigenvalue weighted by molar-refractivity contribution is -0.0500. The number of aromatic nitrogens is 2. The molecule has 0 atom stereocenters. The van der Waals surface area contributed by atoms with Crippen LogP contribution in [0.5, 0.6) is 5.75 Å². The second-order valence-corrected chi connectivity index (χ2v) is 7.04. The van der Waals surface area contributed by atoms with E-state index in [-0.39, 0.29) is 22.9 Å². The van der Waals surface area contributed by atoms with Crippen molar-refractivity contribution in [2.24, 2.45) is 0 Å². The third-order valence-corrected chi connectivity index (χ3v) is 4.21. The molecule has 6 nitrogen and oxygen atoms in total. The first-order chi connectivity index (χ1) is 12.0. The van der Waals surface area contributed by atoms with E-state index in [2.05, 4.69) is 19.5 Å². The number of hydrogen-bond acceptors (Lipinski definition) is 6. The van der Waals surface area contributed by atoms with Gasteiger partial charge in [-0.15, -0.1) is 0 Å². The van der Waals surface area contributed by atoms with Crippen LogP contribution in [-0.4, -0.2) is 30.9 Å². The van der Waals surface area contributed by atoms with Gasteiger partial charge in [0, 0.05) is 12.6 Å². The fourth-order valence-electron chi connectivity index (χ4n) is 2.01. The molecule has 1 heterocycles. The average molecular weight is 393 g/mol. The summed E-state index contributed by atoms with van der Waals surface area (Å²) in [6.45, 7) is 3.20. The van der Waals surface area contributed by atoms with Crippen molar-refractivity contribution in [1.29, 1.82) is 0 Å². The van der Waals surface area contributed by atoms with Gasteiger partial charge in [-0.25, -0.2) is 14.4 Å². The maximum Gasteiger partial charge on any atom is 0.534 e.